The van der Waals surface area contributed by atoms with Gasteiger partial charge in [0.05, 0.1) is 27.6 Å². The number of carbonyl (C=O) groups is 2. The summed E-state index contributed by atoms with van der Waals surface area (Å²) < 4.78 is 5.09. The Hall–Kier alpha value is -3.88. The molecule has 0 aliphatic heterocycles. The third-order valence-electron chi connectivity index (χ3n) is 4.41. The van der Waals surface area contributed by atoms with Gasteiger partial charge in [0.2, 0.25) is 0 Å². The molecule has 2 amide bonds. The van der Waals surface area contributed by atoms with Crippen molar-refractivity contribution >= 4 is 52.5 Å². The van der Waals surface area contributed by atoms with E-state index in [9.17, 15) is 19.7 Å². The zero-order valence-corrected chi connectivity index (χ0v) is 18.7. The Kier molecular flexibility index (Phi) is 7.66. The Morgan fingerprint density at radius 2 is 1.76 bits per heavy atom. The number of anilines is 1. The van der Waals surface area contributed by atoms with Crippen molar-refractivity contribution in [1.82, 2.24) is 5.32 Å². The minimum absolute atomic E-state index is 0.157. The van der Waals surface area contributed by atoms with Crippen LogP contribution in [0.2, 0.25) is 10.0 Å². The fourth-order valence-electron chi connectivity index (χ4n) is 2.83. The van der Waals surface area contributed by atoms with Crippen LogP contribution < -0.4 is 15.4 Å². The van der Waals surface area contributed by atoms with Crippen molar-refractivity contribution in [2.75, 3.05) is 12.4 Å². The maximum atomic E-state index is 13.0. The lowest BCUT2D eigenvalue weighted by molar-refractivity contribution is -0.384. The number of amides is 2. The fourth-order valence-corrected chi connectivity index (χ4v) is 3.31. The van der Waals surface area contributed by atoms with Crippen LogP contribution in [-0.2, 0) is 4.79 Å². The molecule has 0 fully saturated rings. The van der Waals surface area contributed by atoms with Gasteiger partial charge in [0.1, 0.15) is 11.4 Å². The van der Waals surface area contributed by atoms with E-state index in [-0.39, 0.29) is 27.0 Å². The largest absolute Gasteiger partial charge is 0.495 e. The summed E-state index contributed by atoms with van der Waals surface area (Å²) in [7, 11) is 1.46. The zero-order chi connectivity index (χ0) is 24.0. The van der Waals surface area contributed by atoms with Gasteiger partial charge in [-0.25, -0.2) is 0 Å². The van der Waals surface area contributed by atoms with E-state index in [1.807, 2.05) is 0 Å². The molecule has 0 saturated heterocycles. The number of hydrogen-bond acceptors (Lipinski definition) is 5. The number of nitrogens with one attached hydrogen (secondary N) is 2. The van der Waals surface area contributed by atoms with Crippen molar-refractivity contribution in [3.05, 3.63) is 104 Å². The molecular formula is C23H17Cl2N3O5. The van der Waals surface area contributed by atoms with E-state index in [0.717, 1.165) is 0 Å². The Morgan fingerprint density at radius 1 is 1.00 bits per heavy atom. The molecule has 0 unspecified atom stereocenters. The van der Waals surface area contributed by atoms with Crippen LogP contribution in [0.5, 0.6) is 5.75 Å². The number of methoxy groups -OCH3 is 1. The van der Waals surface area contributed by atoms with Crippen LogP contribution in [-0.4, -0.2) is 23.8 Å². The van der Waals surface area contributed by atoms with Gasteiger partial charge < -0.3 is 15.4 Å². The second-order valence-corrected chi connectivity index (χ2v) is 7.46. The van der Waals surface area contributed by atoms with E-state index in [2.05, 4.69) is 10.6 Å². The van der Waals surface area contributed by atoms with Gasteiger partial charge in [-0.05, 0) is 42.0 Å². The van der Waals surface area contributed by atoms with Crippen molar-refractivity contribution in [1.29, 1.82) is 0 Å². The second kappa shape index (κ2) is 10.6. The molecule has 0 spiro atoms. The number of nitro benzene ring substituents is 1. The number of nitro groups is 1. The average Bonchev–Trinajstić information content (AvgIpc) is 2.79. The number of nitrogens with zero attached hydrogens (tertiary/aromatic N) is 1. The number of non-ortho nitro benzene ring substituents is 1. The van der Waals surface area contributed by atoms with Crippen molar-refractivity contribution < 1.29 is 19.2 Å². The van der Waals surface area contributed by atoms with Gasteiger partial charge in [0.25, 0.3) is 17.5 Å². The molecule has 0 aliphatic rings. The van der Waals surface area contributed by atoms with E-state index in [1.165, 1.54) is 43.5 Å². The van der Waals surface area contributed by atoms with Crippen LogP contribution in [0.15, 0.2) is 72.4 Å². The topological polar surface area (TPSA) is 111 Å². The van der Waals surface area contributed by atoms with Gasteiger partial charge in [0.15, 0.2) is 0 Å². The highest BCUT2D eigenvalue weighted by Gasteiger charge is 2.18. The normalized spacial score (nSPS) is 10.9. The molecule has 0 radical (unpaired) electrons. The number of hydrogen-bond donors (Lipinski definition) is 2. The minimum Gasteiger partial charge on any atom is -0.495 e. The van der Waals surface area contributed by atoms with Crippen molar-refractivity contribution in [2.24, 2.45) is 0 Å². The molecular weight excluding hydrogens is 469 g/mol. The monoisotopic (exact) mass is 485 g/mol. The van der Waals surface area contributed by atoms with Crippen LogP contribution in [0.1, 0.15) is 15.9 Å². The van der Waals surface area contributed by atoms with Gasteiger partial charge in [-0.2, -0.15) is 0 Å². The molecule has 33 heavy (non-hydrogen) atoms. The maximum Gasteiger partial charge on any atom is 0.272 e. The molecule has 3 rings (SSSR count). The van der Waals surface area contributed by atoms with Gasteiger partial charge in [0, 0.05) is 17.8 Å². The Morgan fingerprint density at radius 3 is 2.42 bits per heavy atom. The number of halogens is 2. The zero-order valence-electron chi connectivity index (χ0n) is 17.2. The number of ether oxygens (including phenoxy) is 1. The summed E-state index contributed by atoms with van der Waals surface area (Å²) in [4.78, 5) is 36.3. The summed E-state index contributed by atoms with van der Waals surface area (Å²) >= 11 is 12.2. The third kappa shape index (κ3) is 6.09. The highest BCUT2D eigenvalue weighted by molar-refractivity contribution is 6.34. The van der Waals surface area contributed by atoms with Gasteiger partial charge >= 0.3 is 0 Å². The van der Waals surface area contributed by atoms with Crippen LogP contribution >= 0.6 is 23.2 Å². The quantitative estimate of drug-likeness (QED) is 0.267. The summed E-state index contributed by atoms with van der Waals surface area (Å²) in [6, 6.07) is 16.6. The van der Waals surface area contributed by atoms with Gasteiger partial charge in [-0.1, -0.05) is 47.5 Å². The van der Waals surface area contributed by atoms with Crippen molar-refractivity contribution in [2.45, 2.75) is 0 Å². The van der Waals surface area contributed by atoms with Crippen LogP contribution in [0, 0.1) is 10.1 Å². The lowest BCUT2D eigenvalue weighted by atomic mass is 10.1. The van der Waals surface area contributed by atoms with Gasteiger partial charge in [-0.15, -0.1) is 0 Å². The molecule has 0 aromatic heterocycles. The van der Waals surface area contributed by atoms with Crippen LogP contribution in [0.4, 0.5) is 11.4 Å². The van der Waals surface area contributed by atoms with Crippen LogP contribution in [0.25, 0.3) is 6.08 Å². The second-order valence-electron chi connectivity index (χ2n) is 6.65. The number of carbonyl (C=O) groups excluding carboxylic acids is 2. The number of benzene rings is 3. The van der Waals surface area contributed by atoms with Crippen molar-refractivity contribution in [3.63, 3.8) is 0 Å². The molecule has 0 bridgehead atoms. The molecule has 168 valence electrons. The standard InChI is InChI=1S/C23H17Cl2N3O5/c1-33-21-10-9-15(13-19(21)25)26-23(30)20(12-14-5-4-6-16(11-14)28(31)32)27-22(29)17-7-2-3-8-18(17)24/h2-13H,1H3,(H,26,30)(H,27,29). The molecule has 8 nitrogen and oxygen atoms in total. The third-order valence-corrected chi connectivity index (χ3v) is 5.04. The highest BCUT2D eigenvalue weighted by atomic mass is 35.5. The number of rotatable bonds is 7. The fraction of sp³-hybridized carbons (Fsp3) is 0.0435. The summed E-state index contributed by atoms with van der Waals surface area (Å²) in [6.07, 6.45) is 1.32. The predicted octanol–water partition coefficient (Wildman–Crippen LogP) is 5.32. The lowest BCUT2D eigenvalue weighted by Crippen LogP contribution is -2.31. The predicted molar refractivity (Wildman–Crippen MR) is 127 cm³/mol. The molecule has 10 heteroatoms. The average molecular weight is 486 g/mol. The molecule has 3 aromatic rings. The molecule has 0 heterocycles. The van der Waals surface area contributed by atoms with E-state index in [1.54, 1.807) is 36.4 Å². The van der Waals surface area contributed by atoms with E-state index < -0.39 is 16.7 Å². The summed E-state index contributed by atoms with van der Waals surface area (Å²) in [5, 5.41) is 16.7. The molecule has 0 aliphatic carbocycles. The van der Waals surface area contributed by atoms with Crippen LogP contribution in [0.3, 0.4) is 0 Å². The Bertz CT molecular complexity index is 1260. The van der Waals surface area contributed by atoms with Gasteiger partial charge in [-0.3, -0.25) is 19.7 Å². The smallest absolute Gasteiger partial charge is 0.272 e. The first-order chi connectivity index (χ1) is 15.8. The van der Waals surface area contributed by atoms with Crippen molar-refractivity contribution in [3.8, 4) is 5.75 Å². The van der Waals surface area contributed by atoms with E-state index >= 15 is 0 Å². The summed E-state index contributed by atoms with van der Waals surface area (Å²) in [5.41, 5.74) is 0.518. The minimum atomic E-state index is -0.678. The summed E-state index contributed by atoms with van der Waals surface area (Å²) in [5.74, 6) is -0.877. The maximum absolute atomic E-state index is 13.0. The molecule has 0 saturated carbocycles. The lowest BCUT2D eigenvalue weighted by Gasteiger charge is -2.13. The first kappa shape index (κ1) is 23.8. The SMILES string of the molecule is COc1ccc(NC(=O)C(=Cc2cccc([N+](=O)[O-])c2)NC(=O)c2ccccc2Cl)cc1Cl. The first-order valence-electron chi connectivity index (χ1n) is 9.45. The molecule has 3 aromatic carbocycles. The highest BCUT2D eigenvalue weighted by Crippen LogP contribution is 2.27. The van der Waals surface area contributed by atoms with E-state index in [0.29, 0.717) is 17.0 Å². The Balaban J connectivity index is 1.95. The molecule has 0 atom stereocenters. The summed E-state index contributed by atoms with van der Waals surface area (Å²) in [6.45, 7) is 0. The Labute approximate surface area is 198 Å². The first-order valence-corrected chi connectivity index (χ1v) is 10.2. The molecule has 2 N–H and O–H groups in total. The van der Waals surface area contributed by atoms with E-state index in [4.69, 9.17) is 27.9 Å².